The minimum Gasteiger partial charge on any atom is -0.481 e. The molecule has 0 radical (unpaired) electrons. The fraction of sp³-hybridized carbons (Fsp3) is 0.0714. The molecule has 7 heteroatoms. The summed E-state index contributed by atoms with van der Waals surface area (Å²) in [7, 11) is -3.92. The second-order valence-electron chi connectivity index (χ2n) is 4.33. The van der Waals surface area contributed by atoms with Gasteiger partial charge in [0.2, 0.25) is 0 Å². The Kier molecular flexibility index (Phi) is 4.23. The molecular formula is C14H12FNO4S. The lowest BCUT2D eigenvalue weighted by Crippen LogP contribution is -2.13. The number of sulfonamides is 1. The van der Waals surface area contributed by atoms with Crippen molar-refractivity contribution in [2.45, 2.75) is 11.3 Å². The van der Waals surface area contributed by atoms with Crippen molar-refractivity contribution in [3.8, 4) is 0 Å². The van der Waals surface area contributed by atoms with E-state index < -0.39 is 21.8 Å². The van der Waals surface area contributed by atoms with Crippen LogP contribution >= 0.6 is 0 Å². The van der Waals surface area contributed by atoms with E-state index in [-0.39, 0.29) is 17.0 Å². The van der Waals surface area contributed by atoms with E-state index >= 15 is 0 Å². The highest BCUT2D eigenvalue weighted by atomic mass is 32.2. The molecule has 2 aromatic carbocycles. The number of benzene rings is 2. The standard InChI is InChI=1S/C14H12FNO4S/c15-11-4-2-6-13(9-11)21(19,20)16-12-5-1-3-10(7-12)8-14(17)18/h1-7,9,16H,8H2,(H,17,18). The lowest BCUT2D eigenvalue weighted by atomic mass is 10.1. The zero-order valence-corrected chi connectivity index (χ0v) is 11.6. The Morgan fingerprint density at radius 2 is 1.86 bits per heavy atom. The van der Waals surface area contributed by atoms with E-state index in [0.717, 1.165) is 12.1 Å². The van der Waals surface area contributed by atoms with Crippen LogP contribution in [0.15, 0.2) is 53.4 Å². The highest BCUT2D eigenvalue weighted by molar-refractivity contribution is 7.92. The summed E-state index contributed by atoms with van der Waals surface area (Å²) in [4.78, 5) is 10.4. The molecule has 0 amide bonds. The molecule has 0 atom stereocenters. The molecule has 0 unspecified atom stereocenters. The zero-order chi connectivity index (χ0) is 15.5. The van der Waals surface area contributed by atoms with Gasteiger partial charge in [-0.1, -0.05) is 18.2 Å². The van der Waals surface area contributed by atoms with Gasteiger partial charge in [-0.2, -0.15) is 0 Å². The van der Waals surface area contributed by atoms with Gasteiger partial charge in [-0.15, -0.1) is 0 Å². The normalized spacial score (nSPS) is 11.1. The van der Waals surface area contributed by atoms with Gasteiger partial charge in [-0.25, -0.2) is 12.8 Å². The van der Waals surface area contributed by atoms with Gasteiger partial charge < -0.3 is 5.11 Å². The molecule has 21 heavy (non-hydrogen) atoms. The average Bonchev–Trinajstić information content (AvgIpc) is 2.37. The van der Waals surface area contributed by atoms with Crippen molar-refractivity contribution in [3.63, 3.8) is 0 Å². The Hall–Kier alpha value is -2.41. The second kappa shape index (κ2) is 5.92. The van der Waals surface area contributed by atoms with Crippen molar-refractivity contribution in [1.29, 1.82) is 0 Å². The first-order valence-corrected chi connectivity index (χ1v) is 7.44. The molecule has 0 saturated heterocycles. The molecule has 5 nitrogen and oxygen atoms in total. The van der Waals surface area contributed by atoms with Gasteiger partial charge in [0.25, 0.3) is 10.0 Å². The first-order chi connectivity index (χ1) is 9.87. The van der Waals surface area contributed by atoms with Crippen LogP contribution in [0.4, 0.5) is 10.1 Å². The number of hydrogen-bond acceptors (Lipinski definition) is 3. The third-order valence-electron chi connectivity index (χ3n) is 2.64. The topological polar surface area (TPSA) is 83.5 Å². The molecule has 0 bridgehead atoms. The van der Waals surface area contributed by atoms with Crippen LogP contribution in [-0.2, 0) is 21.2 Å². The molecule has 0 aliphatic carbocycles. The minimum atomic E-state index is -3.92. The number of carboxylic acid groups (broad SMARTS) is 1. The smallest absolute Gasteiger partial charge is 0.307 e. The lowest BCUT2D eigenvalue weighted by molar-refractivity contribution is -0.136. The minimum absolute atomic E-state index is 0.203. The van der Waals surface area contributed by atoms with Crippen molar-refractivity contribution in [1.82, 2.24) is 0 Å². The van der Waals surface area contributed by atoms with Gasteiger partial charge in [0.05, 0.1) is 11.3 Å². The van der Waals surface area contributed by atoms with E-state index in [9.17, 15) is 17.6 Å². The number of anilines is 1. The Balaban J connectivity index is 2.26. The zero-order valence-electron chi connectivity index (χ0n) is 10.8. The van der Waals surface area contributed by atoms with Gasteiger partial charge in [-0.3, -0.25) is 9.52 Å². The average molecular weight is 309 g/mol. The fourth-order valence-electron chi connectivity index (χ4n) is 1.77. The monoisotopic (exact) mass is 309 g/mol. The summed E-state index contributed by atoms with van der Waals surface area (Å²) < 4.78 is 39.6. The van der Waals surface area contributed by atoms with Gasteiger partial charge in [-0.05, 0) is 35.9 Å². The number of halogens is 1. The quantitative estimate of drug-likeness (QED) is 0.887. The molecule has 0 aliphatic rings. The van der Waals surface area contributed by atoms with E-state index in [1.807, 2.05) is 0 Å². The Bertz CT molecular complexity index is 774. The predicted octanol–water partition coefficient (Wildman–Crippen LogP) is 2.25. The molecular weight excluding hydrogens is 297 g/mol. The van der Waals surface area contributed by atoms with Crippen LogP contribution < -0.4 is 4.72 Å². The summed E-state index contributed by atoms with van der Waals surface area (Å²) in [5.41, 5.74) is 0.681. The van der Waals surface area contributed by atoms with Crippen molar-refractivity contribution in [2.24, 2.45) is 0 Å². The molecule has 0 saturated carbocycles. The maximum atomic E-state index is 13.1. The predicted molar refractivity (Wildman–Crippen MR) is 75.0 cm³/mol. The van der Waals surface area contributed by atoms with E-state index in [1.165, 1.54) is 24.3 Å². The van der Waals surface area contributed by atoms with Crippen LogP contribution in [0.5, 0.6) is 0 Å². The summed E-state index contributed by atoms with van der Waals surface area (Å²) in [5, 5.41) is 8.72. The molecule has 0 aromatic heterocycles. The molecule has 0 fully saturated rings. The maximum absolute atomic E-state index is 13.1. The van der Waals surface area contributed by atoms with Crippen LogP contribution in [0.25, 0.3) is 0 Å². The van der Waals surface area contributed by atoms with Crippen LogP contribution in [0.3, 0.4) is 0 Å². The lowest BCUT2D eigenvalue weighted by Gasteiger charge is -2.09. The molecule has 2 N–H and O–H groups in total. The number of hydrogen-bond donors (Lipinski definition) is 2. The maximum Gasteiger partial charge on any atom is 0.307 e. The Morgan fingerprint density at radius 3 is 2.52 bits per heavy atom. The van der Waals surface area contributed by atoms with Crippen molar-refractivity contribution >= 4 is 21.7 Å². The van der Waals surface area contributed by atoms with Crippen molar-refractivity contribution < 1.29 is 22.7 Å². The highest BCUT2D eigenvalue weighted by Crippen LogP contribution is 2.18. The molecule has 0 heterocycles. The number of carboxylic acids is 1. The second-order valence-corrected chi connectivity index (χ2v) is 6.02. The van der Waals surface area contributed by atoms with E-state index in [1.54, 1.807) is 12.1 Å². The Labute approximate surface area is 121 Å². The summed E-state index contributed by atoms with van der Waals surface area (Å²) >= 11 is 0. The SMILES string of the molecule is O=C(O)Cc1cccc(NS(=O)(=O)c2cccc(F)c2)c1. The van der Waals surface area contributed by atoms with Crippen molar-refractivity contribution in [2.75, 3.05) is 4.72 Å². The number of carbonyl (C=O) groups is 1. The third-order valence-corrected chi connectivity index (χ3v) is 4.02. The van der Waals surface area contributed by atoms with Gasteiger partial charge >= 0.3 is 5.97 Å². The summed E-state index contributed by atoms with van der Waals surface area (Å²) in [5.74, 6) is -1.67. The van der Waals surface area contributed by atoms with E-state index in [2.05, 4.69) is 4.72 Å². The summed E-state index contributed by atoms with van der Waals surface area (Å²) in [6.07, 6.45) is -0.213. The van der Waals surface area contributed by atoms with Crippen molar-refractivity contribution in [3.05, 3.63) is 59.9 Å². The first-order valence-electron chi connectivity index (χ1n) is 5.96. The number of nitrogens with one attached hydrogen (secondary N) is 1. The summed E-state index contributed by atoms with van der Waals surface area (Å²) in [6.45, 7) is 0. The number of aliphatic carboxylic acids is 1. The van der Waals surface area contributed by atoms with E-state index in [0.29, 0.717) is 5.56 Å². The summed E-state index contributed by atoms with van der Waals surface area (Å²) in [6, 6.07) is 10.6. The third kappa shape index (κ3) is 4.03. The molecule has 2 rings (SSSR count). The van der Waals surface area contributed by atoms with E-state index in [4.69, 9.17) is 5.11 Å². The van der Waals surface area contributed by atoms with Crippen LogP contribution in [0, 0.1) is 5.82 Å². The van der Waals surface area contributed by atoms with Crippen LogP contribution in [0.1, 0.15) is 5.56 Å². The molecule has 0 aliphatic heterocycles. The fourth-order valence-corrected chi connectivity index (χ4v) is 2.85. The highest BCUT2D eigenvalue weighted by Gasteiger charge is 2.15. The molecule has 2 aromatic rings. The first kappa shape index (κ1) is 15.0. The largest absolute Gasteiger partial charge is 0.481 e. The molecule has 110 valence electrons. The number of rotatable bonds is 5. The molecule has 0 spiro atoms. The van der Waals surface area contributed by atoms with Gasteiger partial charge in [0, 0.05) is 5.69 Å². The Morgan fingerprint density at radius 1 is 1.14 bits per heavy atom. The van der Waals surface area contributed by atoms with Gasteiger partial charge in [0.15, 0.2) is 0 Å². The van der Waals surface area contributed by atoms with Gasteiger partial charge in [0.1, 0.15) is 5.82 Å². The van der Waals surface area contributed by atoms with Crippen LogP contribution in [-0.4, -0.2) is 19.5 Å². The van der Waals surface area contributed by atoms with Crippen LogP contribution in [0.2, 0.25) is 0 Å².